The molecule has 2 rings (SSSR count). The maximum absolute atomic E-state index is 12.6. The van der Waals surface area contributed by atoms with E-state index in [0.29, 0.717) is 22.2 Å². The van der Waals surface area contributed by atoms with E-state index in [1.807, 2.05) is 5.32 Å². The number of carbonyl (C=O) groups excluding carboxylic acids is 1. The van der Waals surface area contributed by atoms with Crippen LogP contribution in [0.1, 0.15) is 24.5 Å². The molecule has 0 aromatic heterocycles. The minimum Gasteiger partial charge on any atom is -0.492 e. The Bertz CT molecular complexity index is 1040. The SMILES string of the molecule is CCOC(Cc1ccc(OCCN(CCCOCc2cc(Cl)cc(Cl)c2)C(=O)NCC(F)(F)F)cc1)C(=O)O. The fourth-order valence-corrected chi connectivity index (χ4v) is 4.04. The number of hydrogen-bond acceptors (Lipinski definition) is 5. The Balaban J connectivity index is 1.85. The van der Waals surface area contributed by atoms with Crippen LogP contribution in [0.25, 0.3) is 0 Å². The summed E-state index contributed by atoms with van der Waals surface area (Å²) in [5, 5.41) is 12.0. The Labute approximate surface area is 234 Å². The summed E-state index contributed by atoms with van der Waals surface area (Å²) in [5.74, 6) is -0.596. The maximum atomic E-state index is 12.6. The number of alkyl halides is 3. The molecule has 216 valence electrons. The highest BCUT2D eigenvalue weighted by Gasteiger charge is 2.28. The molecular formula is C26H31Cl2F3N2O6. The summed E-state index contributed by atoms with van der Waals surface area (Å²) >= 11 is 11.9. The molecule has 0 fully saturated rings. The van der Waals surface area contributed by atoms with Gasteiger partial charge in [-0.3, -0.25) is 0 Å². The van der Waals surface area contributed by atoms with Crippen molar-refractivity contribution in [1.29, 1.82) is 0 Å². The number of ether oxygens (including phenoxy) is 3. The number of carboxylic acids is 1. The Hall–Kier alpha value is -2.73. The quantitative estimate of drug-likeness (QED) is 0.246. The summed E-state index contributed by atoms with van der Waals surface area (Å²) < 4.78 is 54.2. The first-order valence-electron chi connectivity index (χ1n) is 12.1. The second kappa shape index (κ2) is 16.4. The first-order chi connectivity index (χ1) is 18.5. The molecule has 0 saturated heterocycles. The Morgan fingerprint density at radius 3 is 2.28 bits per heavy atom. The lowest BCUT2D eigenvalue weighted by molar-refractivity contribution is -0.150. The summed E-state index contributed by atoms with van der Waals surface area (Å²) in [6.45, 7) is 1.20. The maximum Gasteiger partial charge on any atom is 0.405 e. The zero-order valence-corrected chi connectivity index (χ0v) is 22.8. The summed E-state index contributed by atoms with van der Waals surface area (Å²) in [6, 6.07) is 10.8. The fourth-order valence-electron chi connectivity index (χ4n) is 3.47. The number of hydrogen-bond donors (Lipinski definition) is 2. The van der Waals surface area contributed by atoms with Crippen molar-refractivity contribution >= 4 is 35.2 Å². The molecule has 0 heterocycles. The van der Waals surface area contributed by atoms with Crippen LogP contribution in [-0.2, 0) is 27.3 Å². The van der Waals surface area contributed by atoms with Gasteiger partial charge in [-0.2, -0.15) is 13.2 Å². The van der Waals surface area contributed by atoms with Crippen molar-refractivity contribution in [1.82, 2.24) is 10.2 Å². The van der Waals surface area contributed by atoms with Gasteiger partial charge < -0.3 is 29.5 Å². The normalized spacial score (nSPS) is 12.2. The minimum absolute atomic E-state index is 0.0252. The average molecular weight is 595 g/mol. The number of carboxylic acid groups (broad SMARTS) is 1. The number of nitrogens with one attached hydrogen (secondary N) is 1. The molecule has 0 radical (unpaired) electrons. The number of carbonyl (C=O) groups is 2. The van der Waals surface area contributed by atoms with Gasteiger partial charge in [0, 0.05) is 36.2 Å². The third-order valence-corrected chi connectivity index (χ3v) is 5.69. The summed E-state index contributed by atoms with van der Waals surface area (Å²) in [7, 11) is 0. The molecule has 2 N–H and O–H groups in total. The number of nitrogens with zero attached hydrogens (tertiary/aromatic N) is 1. The number of aliphatic carboxylic acids is 1. The molecule has 2 amide bonds. The lowest BCUT2D eigenvalue weighted by atomic mass is 10.1. The summed E-state index contributed by atoms with van der Waals surface area (Å²) in [6.07, 6.45) is -4.95. The van der Waals surface area contributed by atoms with Gasteiger partial charge in [0.1, 0.15) is 18.9 Å². The smallest absolute Gasteiger partial charge is 0.405 e. The van der Waals surface area contributed by atoms with Gasteiger partial charge in [-0.15, -0.1) is 0 Å². The molecule has 1 unspecified atom stereocenters. The highest BCUT2D eigenvalue weighted by molar-refractivity contribution is 6.34. The van der Waals surface area contributed by atoms with Crippen molar-refractivity contribution in [3.63, 3.8) is 0 Å². The molecule has 0 spiro atoms. The summed E-state index contributed by atoms with van der Waals surface area (Å²) in [4.78, 5) is 24.9. The van der Waals surface area contributed by atoms with Crippen LogP contribution in [0.5, 0.6) is 5.75 Å². The Morgan fingerprint density at radius 2 is 1.69 bits per heavy atom. The molecule has 0 bridgehead atoms. The number of benzene rings is 2. The molecular weight excluding hydrogens is 564 g/mol. The van der Waals surface area contributed by atoms with Crippen LogP contribution in [0.2, 0.25) is 10.0 Å². The second-order valence-corrected chi connectivity index (χ2v) is 9.30. The van der Waals surface area contributed by atoms with E-state index in [1.165, 1.54) is 4.90 Å². The fraction of sp³-hybridized carbons (Fsp3) is 0.462. The second-order valence-electron chi connectivity index (χ2n) is 8.42. The molecule has 0 aliphatic rings. The van der Waals surface area contributed by atoms with Crippen LogP contribution >= 0.6 is 23.2 Å². The third kappa shape index (κ3) is 13.3. The number of amides is 2. The van der Waals surface area contributed by atoms with Crippen molar-refractivity contribution in [2.24, 2.45) is 0 Å². The van der Waals surface area contributed by atoms with Gasteiger partial charge in [-0.05, 0) is 54.8 Å². The molecule has 2 aromatic rings. The van der Waals surface area contributed by atoms with Crippen LogP contribution in [0.4, 0.5) is 18.0 Å². The predicted molar refractivity (Wildman–Crippen MR) is 140 cm³/mol. The summed E-state index contributed by atoms with van der Waals surface area (Å²) in [5.41, 5.74) is 1.50. The van der Waals surface area contributed by atoms with Crippen molar-refractivity contribution in [2.75, 3.05) is 39.5 Å². The van der Waals surface area contributed by atoms with Gasteiger partial charge in [0.25, 0.3) is 0 Å². The van der Waals surface area contributed by atoms with Crippen LogP contribution in [0.15, 0.2) is 42.5 Å². The number of halogens is 5. The molecule has 2 aromatic carbocycles. The minimum atomic E-state index is -4.54. The zero-order valence-electron chi connectivity index (χ0n) is 21.3. The monoisotopic (exact) mass is 594 g/mol. The zero-order chi connectivity index (χ0) is 28.8. The molecule has 1 atom stereocenters. The molecule has 0 aliphatic heterocycles. The van der Waals surface area contributed by atoms with Crippen molar-refractivity contribution in [2.45, 2.75) is 38.7 Å². The van der Waals surface area contributed by atoms with Gasteiger partial charge in [0.15, 0.2) is 6.10 Å². The number of rotatable bonds is 16. The molecule has 0 aliphatic carbocycles. The van der Waals surface area contributed by atoms with Crippen molar-refractivity contribution < 1.29 is 42.1 Å². The van der Waals surface area contributed by atoms with E-state index < -0.39 is 30.8 Å². The largest absolute Gasteiger partial charge is 0.492 e. The van der Waals surface area contributed by atoms with E-state index in [-0.39, 0.29) is 45.9 Å². The van der Waals surface area contributed by atoms with E-state index in [0.717, 1.165) is 11.1 Å². The van der Waals surface area contributed by atoms with E-state index in [2.05, 4.69) is 0 Å². The van der Waals surface area contributed by atoms with Crippen LogP contribution in [0, 0.1) is 0 Å². The standard InChI is InChI=1S/C26H31Cl2F3N2O6/c1-2-38-23(24(34)35)14-18-4-6-22(7-5-18)39-11-9-33(25(36)32-17-26(29,30)31)8-3-10-37-16-19-12-20(27)15-21(28)13-19/h4-7,12-13,15,23H,2-3,8-11,14,16-17H2,1H3,(H,32,36)(H,34,35). The van der Waals surface area contributed by atoms with Crippen LogP contribution < -0.4 is 10.1 Å². The Morgan fingerprint density at radius 1 is 1.03 bits per heavy atom. The van der Waals surface area contributed by atoms with E-state index in [1.54, 1.807) is 49.4 Å². The lowest BCUT2D eigenvalue weighted by Crippen LogP contribution is -2.45. The van der Waals surface area contributed by atoms with Crippen molar-refractivity contribution in [3.8, 4) is 5.75 Å². The first kappa shape index (κ1) is 32.5. The Kier molecular flexibility index (Phi) is 13.7. The van der Waals surface area contributed by atoms with Gasteiger partial charge in [0.05, 0.1) is 13.2 Å². The van der Waals surface area contributed by atoms with E-state index in [9.17, 15) is 27.9 Å². The van der Waals surface area contributed by atoms with Crippen molar-refractivity contribution in [3.05, 3.63) is 63.6 Å². The van der Waals surface area contributed by atoms with Gasteiger partial charge in [-0.1, -0.05) is 35.3 Å². The van der Waals surface area contributed by atoms with Crippen LogP contribution in [0.3, 0.4) is 0 Å². The van der Waals surface area contributed by atoms with Gasteiger partial charge >= 0.3 is 18.2 Å². The predicted octanol–water partition coefficient (Wildman–Crippen LogP) is 5.59. The highest BCUT2D eigenvalue weighted by atomic mass is 35.5. The average Bonchev–Trinajstić information content (AvgIpc) is 2.85. The number of urea groups is 1. The topological polar surface area (TPSA) is 97.3 Å². The third-order valence-electron chi connectivity index (χ3n) is 5.25. The van der Waals surface area contributed by atoms with Gasteiger partial charge in [-0.25, -0.2) is 9.59 Å². The van der Waals surface area contributed by atoms with Gasteiger partial charge in [0.2, 0.25) is 0 Å². The first-order valence-corrected chi connectivity index (χ1v) is 12.9. The van der Waals surface area contributed by atoms with Crippen LogP contribution in [-0.4, -0.2) is 73.7 Å². The molecule has 0 saturated carbocycles. The van der Waals surface area contributed by atoms with E-state index >= 15 is 0 Å². The molecule has 8 nitrogen and oxygen atoms in total. The highest BCUT2D eigenvalue weighted by Crippen LogP contribution is 2.20. The molecule has 39 heavy (non-hydrogen) atoms. The van der Waals surface area contributed by atoms with E-state index in [4.69, 9.17) is 37.4 Å². The molecule has 13 heteroatoms. The lowest BCUT2D eigenvalue weighted by Gasteiger charge is -2.23.